The molecule has 0 unspecified atom stereocenters. The molecule has 0 saturated heterocycles. The van der Waals surface area contributed by atoms with E-state index >= 15 is 0 Å². The van der Waals surface area contributed by atoms with Crippen LogP contribution in [0.1, 0.15) is 18.6 Å². The minimum Gasteiger partial charge on any atom is -0.497 e. The molecule has 3 aromatic rings. The topological polar surface area (TPSA) is 82.2 Å². The Morgan fingerprint density at radius 3 is 2.96 bits per heavy atom. The molecule has 8 heteroatoms. The number of hydrogen-bond donors (Lipinski definition) is 1. The SMILES string of the molecule is COc1cccc(-c2nnc(SCC(=O)NC3CC3)n2Cc2ccco2)c1. The number of rotatable bonds is 8. The third kappa shape index (κ3) is 4.33. The predicted molar refractivity (Wildman–Crippen MR) is 102 cm³/mol. The van der Waals surface area contributed by atoms with E-state index in [0.717, 1.165) is 29.9 Å². The van der Waals surface area contributed by atoms with Gasteiger partial charge in [0.15, 0.2) is 11.0 Å². The molecule has 1 fully saturated rings. The molecule has 1 N–H and O–H groups in total. The number of nitrogens with one attached hydrogen (secondary N) is 1. The summed E-state index contributed by atoms with van der Waals surface area (Å²) in [6.45, 7) is 0.485. The van der Waals surface area contributed by atoms with E-state index in [1.165, 1.54) is 11.8 Å². The van der Waals surface area contributed by atoms with Crippen molar-refractivity contribution < 1.29 is 13.9 Å². The summed E-state index contributed by atoms with van der Waals surface area (Å²) in [5.41, 5.74) is 0.891. The first-order valence-corrected chi connectivity index (χ1v) is 9.73. The Hall–Kier alpha value is -2.74. The van der Waals surface area contributed by atoms with Crippen molar-refractivity contribution in [3.8, 4) is 17.1 Å². The van der Waals surface area contributed by atoms with Gasteiger partial charge in [-0.3, -0.25) is 9.36 Å². The van der Waals surface area contributed by atoms with E-state index in [9.17, 15) is 4.79 Å². The molecule has 2 aromatic heterocycles. The number of thioether (sulfide) groups is 1. The van der Waals surface area contributed by atoms with Gasteiger partial charge in [0.25, 0.3) is 0 Å². The number of amides is 1. The Kier molecular flexibility index (Phi) is 5.15. The van der Waals surface area contributed by atoms with Crippen molar-refractivity contribution in [2.24, 2.45) is 0 Å². The smallest absolute Gasteiger partial charge is 0.230 e. The van der Waals surface area contributed by atoms with Crippen LogP contribution >= 0.6 is 11.8 Å². The zero-order valence-corrected chi connectivity index (χ0v) is 15.7. The third-order valence-corrected chi connectivity index (χ3v) is 5.18. The molecule has 0 radical (unpaired) electrons. The number of ether oxygens (including phenoxy) is 1. The van der Waals surface area contributed by atoms with Gasteiger partial charge < -0.3 is 14.5 Å². The molecule has 0 aliphatic heterocycles. The number of carbonyl (C=O) groups is 1. The Morgan fingerprint density at radius 2 is 2.22 bits per heavy atom. The lowest BCUT2D eigenvalue weighted by Gasteiger charge is -2.10. The largest absolute Gasteiger partial charge is 0.497 e. The summed E-state index contributed by atoms with van der Waals surface area (Å²) in [4.78, 5) is 12.0. The Bertz CT molecular complexity index is 919. The van der Waals surface area contributed by atoms with Crippen LogP contribution in [0.2, 0.25) is 0 Å². The van der Waals surface area contributed by atoms with Crippen LogP contribution < -0.4 is 10.1 Å². The van der Waals surface area contributed by atoms with Gasteiger partial charge >= 0.3 is 0 Å². The van der Waals surface area contributed by atoms with E-state index in [4.69, 9.17) is 9.15 Å². The minimum absolute atomic E-state index is 0.0259. The number of hydrogen-bond acceptors (Lipinski definition) is 6. The molecule has 140 valence electrons. The Morgan fingerprint density at radius 1 is 1.33 bits per heavy atom. The van der Waals surface area contributed by atoms with E-state index in [-0.39, 0.29) is 5.91 Å². The molecular weight excluding hydrogens is 364 g/mol. The van der Waals surface area contributed by atoms with Gasteiger partial charge in [-0.1, -0.05) is 23.9 Å². The highest BCUT2D eigenvalue weighted by molar-refractivity contribution is 7.99. The molecule has 2 heterocycles. The van der Waals surface area contributed by atoms with Crippen LogP contribution in [0.3, 0.4) is 0 Å². The second kappa shape index (κ2) is 7.87. The Labute approximate surface area is 161 Å². The van der Waals surface area contributed by atoms with Gasteiger partial charge in [-0.25, -0.2) is 0 Å². The molecule has 1 aliphatic carbocycles. The first-order valence-electron chi connectivity index (χ1n) is 8.75. The van der Waals surface area contributed by atoms with E-state index in [2.05, 4.69) is 15.5 Å². The van der Waals surface area contributed by atoms with Gasteiger partial charge in [-0.15, -0.1) is 10.2 Å². The van der Waals surface area contributed by atoms with Gasteiger partial charge in [-0.2, -0.15) is 0 Å². The average molecular weight is 384 g/mol. The fourth-order valence-electron chi connectivity index (χ4n) is 2.70. The maximum Gasteiger partial charge on any atom is 0.230 e. The normalized spacial score (nSPS) is 13.5. The zero-order chi connectivity index (χ0) is 18.6. The number of benzene rings is 1. The molecule has 4 rings (SSSR count). The van der Waals surface area contributed by atoms with Crippen molar-refractivity contribution in [2.75, 3.05) is 12.9 Å². The van der Waals surface area contributed by atoms with Crippen molar-refractivity contribution in [2.45, 2.75) is 30.6 Å². The summed E-state index contributed by atoms with van der Waals surface area (Å²) >= 11 is 1.38. The zero-order valence-electron chi connectivity index (χ0n) is 14.9. The van der Waals surface area contributed by atoms with Gasteiger partial charge in [0.1, 0.15) is 11.5 Å². The summed E-state index contributed by atoms with van der Waals surface area (Å²) < 4.78 is 12.8. The van der Waals surface area contributed by atoms with Crippen LogP contribution in [0.4, 0.5) is 0 Å². The fraction of sp³-hybridized carbons (Fsp3) is 0.316. The van der Waals surface area contributed by atoms with E-state index in [1.807, 2.05) is 41.0 Å². The molecule has 1 aromatic carbocycles. The minimum atomic E-state index is 0.0259. The second-order valence-electron chi connectivity index (χ2n) is 6.33. The third-order valence-electron chi connectivity index (χ3n) is 4.21. The van der Waals surface area contributed by atoms with Crippen LogP contribution in [-0.4, -0.2) is 39.6 Å². The number of carbonyl (C=O) groups excluding carboxylic acids is 1. The Balaban J connectivity index is 1.59. The molecule has 1 aliphatic rings. The quantitative estimate of drug-likeness (QED) is 0.601. The first-order chi connectivity index (χ1) is 13.2. The highest BCUT2D eigenvalue weighted by Crippen LogP contribution is 2.28. The van der Waals surface area contributed by atoms with E-state index in [0.29, 0.717) is 29.3 Å². The van der Waals surface area contributed by atoms with Crippen LogP contribution in [0.5, 0.6) is 5.75 Å². The van der Waals surface area contributed by atoms with Gasteiger partial charge in [0, 0.05) is 11.6 Å². The van der Waals surface area contributed by atoms with E-state index in [1.54, 1.807) is 13.4 Å². The van der Waals surface area contributed by atoms with Gasteiger partial charge in [0.05, 0.1) is 25.7 Å². The second-order valence-corrected chi connectivity index (χ2v) is 7.28. The van der Waals surface area contributed by atoms with Crippen LogP contribution in [0.15, 0.2) is 52.2 Å². The van der Waals surface area contributed by atoms with Crippen LogP contribution in [-0.2, 0) is 11.3 Å². The molecule has 27 heavy (non-hydrogen) atoms. The van der Waals surface area contributed by atoms with E-state index < -0.39 is 0 Å². The lowest BCUT2D eigenvalue weighted by molar-refractivity contribution is -0.118. The molecule has 7 nitrogen and oxygen atoms in total. The summed E-state index contributed by atoms with van der Waals surface area (Å²) in [5, 5.41) is 12.3. The summed E-state index contributed by atoms with van der Waals surface area (Å²) in [7, 11) is 1.63. The van der Waals surface area contributed by atoms with Crippen LogP contribution in [0.25, 0.3) is 11.4 Å². The number of aromatic nitrogens is 3. The maximum atomic E-state index is 12.0. The van der Waals surface area contributed by atoms with Crippen molar-refractivity contribution in [1.82, 2.24) is 20.1 Å². The molecule has 0 atom stereocenters. The van der Waals surface area contributed by atoms with Crippen LogP contribution in [0, 0.1) is 0 Å². The first kappa shape index (κ1) is 17.7. The standard InChI is InChI=1S/C19H20N4O3S/c1-25-15-5-2-4-13(10-15)18-21-22-19(23(18)11-16-6-3-9-26-16)27-12-17(24)20-14-7-8-14/h2-6,9-10,14H,7-8,11-12H2,1H3,(H,20,24). The summed E-state index contributed by atoms with van der Waals surface area (Å²) in [6, 6.07) is 11.8. The fourth-order valence-corrected chi connectivity index (χ4v) is 3.45. The van der Waals surface area contributed by atoms with Crippen molar-refractivity contribution in [1.29, 1.82) is 0 Å². The molecule has 1 amide bonds. The lowest BCUT2D eigenvalue weighted by atomic mass is 10.2. The number of furan rings is 1. The highest BCUT2D eigenvalue weighted by Gasteiger charge is 2.24. The van der Waals surface area contributed by atoms with Gasteiger partial charge in [-0.05, 0) is 37.1 Å². The molecular formula is C19H20N4O3S. The van der Waals surface area contributed by atoms with Crippen molar-refractivity contribution in [3.05, 3.63) is 48.4 Å². The van der Waals surface area contributed by atoms with Gasteiger partial charge in [0.2, 0.25) is 5.91 Å². The average Bonchev–Trinajstić information content (AvgIpc) is 3.18. The number of nitrogens with zero attached hydrogens (tertiary/aromatic N) is 3. The lowest BCUT2D eigenvalue weighted by Crippen LogP contribution is -2.27. The maximum absolute atomic E-state index is 12.0. The number of methoxy groups -OCH3 is 1. The molecule has 0 bridgehead atoms. The molecule has 0 spiro atoms. The van der Waals surface area contributed by atoms with Crippen molar-refractivity contribution in [3.63, 3.8) is 0 Å². The monoisotopic (exact) mass is 384 g/mol. The highest BCUT2D eigenvalue weighted by atomic mass is 32.2. The summed E-state index contributed by atoms with van der Waals surface area (Å²) in [6.07, 6.45) is 3.79. The molecule has 1 saturated carbocycles. The van der Waals surface area contributed by atoms with Crippen molar-refractivity contribution >= 4 is 17.7 Å². The predicted octanol–water partition coefficient (Wildman–Crippen LogP) is 2.97. The summed E-state index contributed by atoms with van der Waals surface area (Å²) in [5.74, 6) is 2.58.